The third kappa shape index (κ3) is 2.03. The minimum atomic E-state index is -4.20. The van der Waals surface area contributed by atoms with Gasteiger partial charge in [-0.15, -0.1) is 0 Å². The zero-order valence-electron chi connectivity index (χ0n) is 9.48. The molecule has 0 aliphatic heterocycles. The van der Waals surface area contributed by atoms with E-state index in [2.05, 4.69) is 0 Å². The predicted octanol–water partition coefficient (Wildman–Crippen LogP) is 1.69. The number of alkyl halides is 3. The Morgan fingerprint density at radius 3 is 0.929 bits per heavy atom. The van der Waals surface area contributed by atoms with Crippen molar-refractivity contribution in [3.8, 4) is 0 Å². The first-order valence-electron chi connectivity index (χ1n) is 4.17. The Hall–Kier alpha value is 0.100. The number of rotatable bonds is 3. The molecule has 0 unspecified atom stereocenters. The Kier molecular flexibility index (Phi) is 4.34. The second-order valence-corrected chi connectivity index (χ2v) is 8.34. The van der Waals surface area contributed by atoms with E-state index < -0.39 is 13.6 Å². The van der Waals surface area contributed by atoms with Crippen molar-refractivity contribution in [2.45, 2.75) is 5.92 Å². The standard InChI is InChI=1S/C7H19F3N3P/c1-11(2)14(12(3)4,13(5)6)7(8,9)10/h14H,1-6H3. The van der Waals surface area contributed by atoms with Crippen LogP contribution in [0.1, 0.15) is 0 Å². The Morgan fingerprint density at radius 2 is 0.929 bits per heavy atom. The van der Waals surface area contributed by atoms with Crippen LogP contribution in [0.25, 0.3) is 0 Å². The fourth-order valence-electron chi connectivity index (χ4n) is 1.96. The zero-order chi connectivity index (χ0) is 11.7. The first-order valence-corrected chi connectivity index (χ1v) is 6.01. The van der Waals surface area contributed by atoms with E-state index in [4.69, 9.17) is 0 Å². The van der Waals surface area contributed by atoms with Crippen molar-refractivity contribution >= 4 is 7.71 Å². The molecule has 0 saturated heterocycles. The van der Waals surface area contributed by atoms with E-state index in [-0.39, 0.29) is 0 Å². The average Bonchev–Trinajstić information content (AvgIpc) is 1.79. The van der Waals surface area contributed by atoms with Crippen LogP contribution in [0.4, 0.5) is 13.2 Å². The maximum atomic E-state index is 13.1. The summed E-state index contributed by atoms with van der Waals surface area (Å²) in [5, 5.41) is 0. The molecule has 0 spiro atoms. The molecule has 0 saturated carbocycles. The maximum absolute atomic E-state index is 13.1. The fourth-order valence-corrected chi connectivity index (χ4v) is 5.88. The summed E-state index contributed by atoms with van der Waals surface area (Å²) in [7, 11) is 5.10. The van der Waals surface area contributed by atoms with Gasteiger partial charge in [0.1, 0.15) is 0 Å². The van der Waals surface area contributed by atoms with Crippen LogP contribution in [0, 0.1) is 0 Å². The molecular formula is C7H19F3N3P. The van der Waals surface area contributed by atoms with Gasteiger partial charge in [-0.2, -0.15) is 0 Å². The molecular weight excluding hydrogens is 214 g/mol. The van der Waals surface area contributed by atoms with Gasteiger partial charge in [0.2, 0.25) is 0 Å². The van der Waals surface area contributed by atoms with Gasteiger partial charge in [-0.05, 0) is 0 Å². The van der Waals surface area contributed by atoms with Crippen molar-refractivity contribution < 1.29 is 13.2 Å². The molecule has 0 fully saturated rings. The van der Waals surface area contributed by atoms with Crippen LogP contribution in [0.2, 0.25) is 0 Å². The van der Waals surface area contributed by atoms with Crippen molar-refractivity contribution in [2.24, 2.45) is 0 Å². The van der Waals surface area contributed by atoms with Crippen molar-refractivity contribution in [2.75, 3.05) is 42.3 Å². The molecule has 0 aliphatic carbocycles. The average molecular weight is 233 g/mol. The Balaban J connectivity index is 5.40. The molecule has 88 valence electrons. The molecule has 0 aromatic rings. The van der Waals surface area contributed by atoms with Gasteiger partial charge in [-0.1, -0.05) is 0 Å². The summed E-state index contributed by atoms with van der Waals surface area (Å²) in [5.74, 6) is -4.20. The molecule has 0 atom stereocenters. The Labute approximate surface area is 84.0 Å². The Bertz CT molecular complexity index is 169. The predicted molar refractivity (Wildman–Crippen MR) is 55.4 cm³/mol. The molecule has 0 aromatic heterocycles. The summed E-state index contributed by atoms with van der Waals surface area (Å²) in [6, 6.07) is 0. The summed E-state index contributed by atoms with van der Waals surface area (Å²) in [4.78, 5) is 0. The van der Waals surface area contributed by atoms with Crippen LogP contribution >= 0.6 is 7.71 Å². The van der Waals surface area contributed by atoms with E-state index in [9.17, 15) is 13.2 Å². The van der Waals surface area contributed by atoms with Crippen LogP contribution in [0.5, 0.6) is 0 Å². The molecule has 0 amide bonds. The molecule has 0 radical (unpaired) electrons. The summed E-state index contributed by atoms with van der Waals surface area (Å²) in [6.07, 6.45) is 0. The first kappa shape index (κ1) is 14.1. The molecule has 7 heteroatoms. The summed E-state index contributed by atoms with van der Waals surface area (Å²) < 4.78 is 43.0. The number of hydrogen-bond acceptors (Lipinski definition) is 3. The van der Waals surface area contributed by atoms with Gasteiger partial charge >= 0.3 is 83.1 Å². The number of nitrogens with zero attached hydrogens (tertiary/aromatic N) is 3. The molecule has 0 bridgehead atoms. The van der Waals surface area contributed by atoms with Crippen LogP contribution in [-0.2, 0) is 0 Å². The Morgan fingerprint density at radius 1 is 0.714 bits per heavy atom. The molecule has 0 aliphatic rings. The van der Waals surface area contributed by atoms with Crippen LogP contribution in [0.15, 0.2) is 0 Å². The summed E-state index contributed by atoms with van der Waals surface area (Å²) in [6.45, 7) is 0. The van der Waals surface area contributed by atoms with Gasteiger partial charge in [0.15, 0.2) is 0 Å². The van der Waals surface area contributed by atoms with Gasteiger partial charge in [-0.3, -0.25) is 0 Å². The van der Waals surface area contributed by atoms with E-state index in [0.29, 0.717) is 0 Å². The molecule has 0 heterocycles. The van der Waals surface area contributed by atoms with Crippen LogP contribution in [-0.4, -0.2) is 62.2 Å². The SMILES string of the molecule is CN(C)[PH](N(C)C)(N(C)C)C(F)(F)F. The van der Waals surface area contributed by atoms with E-state index in [1.54, 1.807) is 0 Å². The van der Waals surface area contributed by atoms with Crippen molar-refractivity contribution in [3.05, 3.63) is 0 Å². The van der Waals surface area contributed by atoms with Gasteiger partial charge in [-0.25, -0.2) is 0 Å². The van der Waals surface area contributed by atoms with Crippen LogP contribution < -0.4 is 0 Å². The van der Waals surface area contributed by atoms with E-state index in [1.165, 1.54) is 56.3 Å². The van der Waals surface area contributed by atoms with Crippen molar-refractivity contribution in [1.29, 1.82) is 0 Å². The molecule has 0 rings (SSSR count). The van der Waals surface area contributed by atoms with E-state index in [1.807, 2.05) is 0 Å². The van der Waals surface area contributed by atoms with E-state index in [0.717, 1.165) is 0 Å². The minimum absolute atomic E-state index is 1.28. The monoisotopic (exact) mass is 233 g/mol. The van der Waals surface area contributed by atoms with E-state index >= 15 is 0 Å². The van der Waals surface area contributed by atoms with Gasteiger partial charge in [0.05, 0.1) is 0 Å². The second-order valence-electron chi connectivity index (χ2n) is 3.82. The van der Waals surface area contributed by atoms with Gasteiger partial charge < -0.3 is 0 Å². The normalized spacial score (nSPS) is 15.7. The fraction of sp³-hybridized carbons (Fsp3) is 1.00. The topological polar surface area (TPSA) is 9.72 Å². The number of hydrogen-bond donors (Lipinski definition) is 0. The van der Waals surface area contributed by atoms with Gasteiger partial charge in [0.25, 0.3) is 0 Å². The molecule has 0 N–H and O–H groups in total. The van der Waals surface area contributed by atoms with Gasteiger partial charge in [0, 0.05) is 0 Å². The van der Waals surface area contributed by atoms with Crippen molar-refractivity contribution in [3.63, 3.8) is 0 Å². The second kappa shape index (κ2) is 4.31. The van der Waals surface area contributed by atoms with Crippen molar-refractivity contribution in [1.82, 2.24) is 14.0 Å². The third-order valence-electron chi connectivity index (χ3n) is 2.25. The molecule has 0 aromatic carbocycles. The first-order chi connectivity index (χ1) is 6.08. The summed E-state index contributed by atoms with van der Waals surface area (Å²) >= 11 is 0. The summed E-state index contributed by atoms with van der Waals surface area (Å²) in [5.41, 5.74) is 0. The molecule has 3 nitrogen and oxygen atoms in total. The zero-order valence-corrected chi connectivity index (χ0v) is 10.5. The third-order valence-corrected chi connectivity index (χ3v) is 6.75. The number of halogens is 3. The van der Waals surface area contributed by atoms with Crippen LogP contribution in [0.3, 0.4) is 0 Å². The quantitative estimate of drug-likeness (QED) is 0.687. The molecule has 14 heavy (non-hydrogen) atoms.